The minimum Gasteiger partial charge on any atom is -0.395 e. The van der Waals surface area contributed by atoms with Crippen molar-refractivity contribution < 1.29 is 4.79 Å². The number of halogens is 1. The third kappa shape index (κ3) is 2.31. The SMILES string of the molecule is CCc1[nH]nc(C(=O)Nc2ccccc2Cl)c1N. The first-order valence-corrected chi connectivity index (χ1v) is 5.89. The third-order valence-electron chi connectivity index (χ3n) is 2.57. The molecule has 0 aliphatic carbocycles. The van der Waals surface area contributed by atoms with E-state index in [1.807, 2.05) is 6.92 Å². The Morgan fingerprint density at radius 2 is 2.22 bits per heavy atom. The second-order valence-electron chi connectivity index (χ2n) is 3.75. The summed E-state index contributed by atoms with van der Waals surface area (Å²) in [5.74, 6) is -0.378. The van der Waals surface area contributed by atoms with Gasteiger partial charge in [0.15, 0.2) is 5.69 Å². The Morgan fingerprint density at radius 1 is 1.50 bits per heavy atom. The Hall–Kier alpha value is -2.01. The highest BCUT2D eigenvalue weighted by atomic mass is 35.5. The summed E-state index contributed by atoms with van der Waals surface area (Å²) in [6.45, 7) is 1.93. The maximum Gasteiger partial charge on any atom is 0.278 e. The van der Waals surface area contributed by atoms with Gasteiger partial charge in [-0.1, -0.05) is 30.7 Å². The third-order valence-corrected chi connectivity index (χ3v) is 2.90. The summed E-state index contributed by atoms with van der Waals surface area (Å²) in [5.41, 5.74) is 7.66. The van der Waals surface area contributed by atoms with Crippen LogP contribution in [0.3, 0.4) is 0 Å². The number of carbonyl (C=O) groups is 1. The van der Waals surface area contributed by atoms with E-state index in [4.69, 9.17) is 17.3 Å². The number of H-pyrrole nitrogens is 1. The van der Waals surface area contributed by atoms with Crippen LogP contribution in [0, 0.1) is 0 Å². The summed E-state index contributed by atoms with van der Waals surface area (Å²) < 4.78 is 0. The van der Waals surface area contributed by atoms with Crippen LogP contribution in [0.15, 0.2) is 24.3 Å². The Balaban J connectivity index is 2.22. The molecule has 0 saturated carbocycles. The minimum absolute atomic E-state index is 0.187. The number of anilines is 2. The van der Waals surface area contributed by atoms with E-state index >= 15 is 0 Å². The van der Waals surface area contributed by atoms with E-state index < -0.39 is 0 Å². The molecule has 0 fully saturated rings. The number of hydrogen-bond donors (Lipinski definition) is 3. The van der Waals surface area contributed by atoms with Gasteiger partial charge in [-0.25, -0.2) is 0 Å². The van der Waals surface area contributed by atoms with Crippen LogP contribution in [-0.2, 0) is 6.42 Å². The normalized spacial score (nSPS) is 10.3. The molecule has 18 heavy (non-hydrogen) atoms. The fraction of sp³-hybridized carbons (Fsp3) is 0.167. The first-order valence-electron chi connectivity index (χ1n) is 5.52. The van der Waals surface area contributed by atoms with Crippen molar-refractivity contribution in [1.82, 2.24) is 10.2 Å². The highest BCUT2D eigenvalue weighted by Crippen LogP contribution is 2.22. The van der Waals surface area contributed by atoms with E-state index in [1.165, 1.54) is 0 Å². The number of nitrogen functional groups attached to an aromatic ring is 1. The quantitative estimate of drug-likeness (QED) is 0.796. The van der Waals surface area contributed by atoms with Gasteiger partial charge in [0.2, 0.25) is 0 Å². The molecule has 0 atom stereocenters. The average Bonchev–Trinajstić information content (AvgIpc) is 2.73. The molecule has 0 bridgehead atoms. The number of aromatic amines is 1. The number of amides is 1. The van der Waals surface area contributed by atoms with E-state index in [1.54, 1.807) is 24.3 Å². The predicted octanol–water partition coefficient (Wildman–Crippen LogP) is 2.46. The van der Waals surface area contributed by atoms with Crippen molar-refractivity contribution >= 4 is 28.9 Å². The molecule has 6 heteroatoms. The maximum absolute atomic E-state index is 12.0. The van der Waals surface area contributed by atoms with E-state index in [0.717, 1.165) is 5.69 Å². The lowest BCUT2D eigenvalue weighted by molar-refractivity contribution is 0.102. The zero-order valence-corrected chi connectivity index (χ0v) is 10.6. The molecule has 94 valence electrons. The summed E-state index contributed by atoms with van der Waals surface area (Å²) in [7, 11) is 0. The van der Waals surface area contributed by atoms with Crippen LogP contribution in [0.2, 0.25) is 5.02 Å². The van der Waals surface area contributed by atoms with E-state index in [9.17, 15) is 4.79 Å². The lowest BCUT2D eigenvalue weighted by Gasteiger charge is -2.05. The summed E-state index contributed by atoms with van der Waals surface area (Å²) in [6, 6.07) is 6.98. The molecule has 5 nitrogen and oxygen atoms in total. The first-order chi connectivity index (χ1) is 8.63. The Morgan fingerprint density at radius 3 is 2.83 bits per heavy atom. The Labute approximate surface area is 109 Å². The van der Waals surface area contributed by atoms with Gasteiger partial charge < -0.3 is 11.1 Å². The molecule has 0 unspecified atom stereocenters. The molecule has 0 saturated heterocycles. The van der Waals surface area contributed by atoms with Crippen LogP contribution in [0.25, 0.3) is 0 Å². The van der Waals surface area contributed by atoms with Gasteiger partial charge in [-0.15, -0.1) is 0 Å². The standard InChI is InChI=1S/C12H13ClN4O/c1-2-8-10(14)11(17-16-8)12(18)15-9-6-4-3-5-7(9)13/h3-6H,2,14H2,1H3,(H,15,18)(H,16,17). The number of hydrogen-bond acceptors (Lipinski definition) is 3. The second-order valence-corrected chi connectivity index (χ2v) is 4.16. The van der Waals surface area contributed by atoms with Gasteiger partial charge in [-0.3, -0.25) is 9.89 Å². The van der Waals surface area contributed by atoms with Gasteiger partial charge in [0.1, 0.15) is 0 Å². The van der Waals surface area contributed by atoms with Gasteiger partial charge in [0, 0.05) is 0 Å². The molecule has 4 N–H and O–H groups in total. The first kappa shape index (κ1) is 12.4. The number of para-hydroxylation sites is 1. The van der Waals surface area contributed by atoms with Gasteiger partial charge in [0.05, 0.1) is 22.1 Å². The van der Waals surface area contributed by atoms with Crippen LogP contribution in [-0.4, -0.2) is 16.1 Å². The van der Waals surface area contributed by atoms with Crippen LogP contribution < -0.4 is 11.1 Å². The average molecular weight is 265 g/mol. The van der Waals surface area contributed by atoms with Crippen molar-refractivity contribution in [1.29, 1.82) is 0 Å². The van der Waals surface area contributed by atoms with Crippen LogP contribution in [0.5, 0.6) is 0 Å². The van der Waals surface area contributed by atoms with Crippen LogP contribution in [0.1, 0.15) is 23.1 Å². The summed E-state index contributed by atoms with van der Waals surface area (Å²) in [6.07, 6.45) is 0.693. The van der Waals surface area contributed by atoms with Crippen LogP contribution in [0.4, 0.5) is 11.4 Å². The van der Waals surface area contributed by atoms with E-state index in [0.29, 0.717) is 22.8 Å². The molecular formula is C12H13ClN4O. The number of aryl methyl sites for hydroxylation is 1. The fourth-order valence-corrected chi connectivity index (χ4v) is 1.76. The molecular weight excluding hydrogens is 252 g/mol. The van der Waals surface area contributed by atoms with Crippen molar-refractivity contribution in [2.45, 2.75) is 13.3 Å². The number of rotatable bonds is 3. The van der Waals surface area contributed by atoms with Gasteiger partial charge >= 0.3 is 0 Å². The van der Waals surface area contributed by atoms with Crippen molar-refractivity contribution in [3.63, 3.8) is 0 Å². The molecule has 0 aliphatic heterocycles. The largest absolute Gasteiger partial charge is 0.395 e. The molecule has 1 heterocycles. The summed E-state index contributed by atoms with van der Waals surface area (Å²) in [5, 5.41) is 9.78. The monoisotopic (exact) mass is 264 g/mol. The highest BCUT2D eigenvalue weighted by molar-refractivity contribution is 6.33. The lowest BCUT2D eigenvalue weighted by Crippen LogP contribution is -2.14. The minimum atomic E-state index is -0.378. The molecule has 2 rings (SSSR count). The molecule has 0 radical (unpaired) electrons. The molecule has 0 aliphatic rings. The van der Waals surface area contributed by atoms with Crippen molar-refractivity contribution in [3.8, 4) is 0 Å². The maximum atomic E-state index is 12.0. The van der Waals surface area contributed by atoms with Crippen molar-refractivity contribution in [2.75, 3.05) is 11.1 Å². The Bertz CT molecular complexity index is 579. The lowest BCUT2D eigenvalue weighted by atomic mass is 10.2. The number of carbonyl (C=O) groups excluding carboxylic acids is 1. The molecule has 1 aromatic carbocycles. The summed E-state index contributed by atoms with van der Waals surface area (Å²) >= 11 is 5.95. The van der Waals surface area contributed by atoms with E-state index in [-0.39, 0.29) is 11.6 Å². The fourth-order valence-electron chi connectivity index (χ4n) is 1.57. The topological polar surface area (TPSA) is 83.8 Å². The molecule has 1 amide bonds. The zero-order chi connectivity index (χ0) is 13.1. The predicted molar refractivity (Wildman–Crippen MR) is 71.8 cm³/mol. The van der Waals surface area contributed by atoms with Gasteiger partial charge in [0.25, 0.3) is 5.91 Å². The number of benzene rings is 1. The zero-order valence-electron chi connectivity index (χ0n) is 9.83. The van der Waals surface area contributed by atoms with Crippen molar-refractivity contribution in [3.05, 3.63) is 40.7 Å². The number of nitrogens with zero attached hydrogens (tertiary/aromatic N) is 1. The second kappa shape index (κ2) is 5.10. The smallest absolute Gasteiger partial charge is 0.278 e. The highest BCUT2D eigenvalue weighted by Gasteiger charge is 2.17. The number of nitrogens with one attached hydrogen (secondary N) is 2. The van der Waals surface area contributed by atoms with Crippen molar-refractivity contribution in [2.24, 2.45) is 0 Å². The Kier molecular flexibility index (Phi) is 3.53. The molecule has 2 aromatic rings. The number of nitrogens with two attached hydrogens (primary N) is 1. The molecule has 0 spiro atoms. The molecule has 1 aromatic heterocycles. The van der Waals surface area contributed by atoms with Gasteiger partial charge in [-0.2, -0.15) is 5.10 Å². The van der Waals surface area contributed by atoms with E-state index in [2.05, 4.69) is 15.5 Å². The number of aromatic nitrogens is 2. The van der Waals surface area contributed by atoms with Gasteiger partial charge in [-0.05, 0) is 18.6 Å². The summed E-state index contributed by atoms with van der Waals surface area (Å²) in [4.78, 5) is 12.0. The van der Waals surface area contributed by atoms with Crippen LogP contribution >= 0.6 is 11.6 Å².